The van der Waals surface area contributed by atoms with E-state index in [4.69, 9.17) is 0 Å². The molecule has 1 amide bonds. The average Bonchev–Trinajstić information content (AvgIpc) is 2.15. The smallest absolute Gasteiger partial charge is 0.233 e. The fourth-order valence-corrected chi connectivity index (χ4v) is 1.91. The maximum Gasteiger partial charge on any atom is 0.233 e. The van der Waals surface area contributed by atoms with Crippen molar-refractivity contribution < 1.29 is 9.18 Å². The van der Waals surface area contributed by atoms with Gasteiger partial charge in [-0.25, -0.2) is 4.39 Å². The van der Waals surface area contributed by atoms with Crippen molar-refractivity contribution in [2.45, 2.75) is 6.54 Å². The summed E-state index contributed by atoms with van der Waals surface area (Å²) in [7, 11) is 3.41. The summed E-state index contributed by atoms with van der Waals surface area (Å²) in [6.07, 6.45) is 0. The Labute approximate surface area is 103 Å². The molecule has 1 aromatic rings. The molecule has 0 saturated carbocycles. The summed E-state index contributed by atoms with van der Waals surface area (Å²) in [5.41, 5.74) is 0.832. The molecule has 3 nitrogen and oxygen atoms in total. The van der Waals surface area contributed by atoms with Gasteiger partial charge in [-0.1, -0.05) is 15.9 Å². The number of benzene rings is 1. The van der Waals surface area contributed by atoms with E-state index in [9.17, 15) is 9.18 Å². The Kier molecular flexibility index (Phi) is 4.89. The van der Waals surface area contributed by atoms with E-state index in [1.807, 2.05) is 18.0 Å². The molecule has 0 aliphatic heterocycles. The molecule has 5 heteroatoms. The normalized spacial score (nSPS) is 10.6. The van der Waals surface area contributed by atoms with Crippen LogP contribution in [0.25, 0.3) is 0 Å². The van der Waals surface area contributed by atoms with Crippen molar-refractivity contribution in [2.75, 3.05) is 20.6 Å². The van der Waals surface area contributed by atoms with Crippen LogP contribution >= 0.6 is 15.9 Å². The van der Waals surface area contributed by atoms with Gasteiger partial charge in [-0.15, -0.1) is 0 Å². The lowest BCUT2D eigenvalue weighted by atomic mass is 10.2. The number of nitrogens with one attached hydrogen (secondary N) is 1. The Morgan fingerprint density at radius 2 is 2.19 bits per heavy atom. The van der Waals surface area contributed by atoms with Crippen molar-refractivity contribution >= 4 is 21.8 Å². The van der Waals surface area contributed by atoms with E-state index in [0.717, 1.165) is 5.56 Å². The van der Waals surface area contributed by atoms with Gasteiger partial charge in [0.05, 0.1) is 6.54 Å². The number of amides is 1. The van der Waals surface area contributed by atoms with E-state index in [-0.39, 0.29) is 11.7 Å². The molecule has 1 aromatic carbocycles. The number of rotatable bonds is 4. The van der Waals surface area contributed by atoms with Crippen molar-refractivity contribution in [3.63, 3.8) is 0 Å². The molecule has 0 aliphatic rings. The molecule has 0 heterocycles. The highest BCUT2D eigenvalue weighted by molar-refractivity contribution is 9.10. The second-order valence-corrected chi connectivity index (χ2v) is 4.54. The van der Waals surface area contributed by atoms with Gasteiger partial charge in [-0.05, 0) is 30.8 Å². The van der Waals surface area contributed by atoms with Gasteiger partial charge in [-0.3, -0.25) is 9.69 Å². The first-order valence-electron chi connectivity index (χ1n) is 4.85. The van der Waals surface area contributed by atoms with E-state index < -0.39 is 0 Å². The number of nitrogens with zero attached hydrogens (tertiary/aromatic N) is 1. The largest absolute Gasteiger partial charge is 0.358 e. The van der Waals surface area contributed by atoms with Crippen LogP contribution in [0.1, 0.15) is 5.56 Å². The zero-order valence-corrected chi connectivity index (χ0v) is 10.8. The molecular weight excluding hydrogens is 275 g/mol. The molecule has 0 aromatic heterocycles. The van der Waals surface area contributed by atoms with Gasteiger partial charge in [0.2, 0.25) is 5.91 Å². The third-order valence-electron chi connectivity index (χ3n) is 2.07. The van der Waals surface area contributed by atoms with E-state index in [2.05, 4.69) is 21.2 Å². The summed E-state index contributed by atoms with van der Waals surface area (Å²) >= 11 is 3.23. The van der Waals surface area contributed by atoms with Crippen molar-refractivity contribution in [1.29, 1.82) is 0 Å². The van der Waals surface area contributed by atoms with Gasteiger partial charge in [-0.2, -0.15) is 0 Å². The number of hydrogen-bond acceptors (Lipinski definition) is 2. The second-order valence-electron chi connectivity index (χ2n) is 3.62. The monoisotopic (exact) mass is 288 g/mol. The van der Waals surface area contributed by atoms with Crippen LogP contribution in [0.15, 0.2) is 22.7 Å². The Hall–Kier alpha value is -0.940. The van der Waals surface area contributed by atoms with Gasteiger partial charge in [0.1, 0.15) is 5.82 Å². The third-order valence-corrected chi connectivity index (χ3v) is 2.53. The minimum absolute atomic E-state index is 0.0574. The SMILES string of the molecule is CNC(=O)CN(C)Cc1cc(F)cc(Br)c1. The van der Waals surface area contributed by atoms with Crippen molar-refractivity contribution in [3.05, 3.63) is 34.1 Å². The highest BCUT2D eigenvalue weighted by Gasteiger charge is 2.06. The topological polar surface area (TPSA) is 32.3 Å². The number of likely N-dealkylation sites (N-methyl/N-ethyl adjacent to an activating group) is 2. The van der Waals surface area contributed by atoms with Gasteiger partial charge in [0.25, 0.3) is 0 Å². The van der Waals surface area contributed by atoms with Crippen LogP contribution < -0.4 is 5.32 Å². The highest BCUT2D eigenvalue weighted by atomic mass is 79.9. The first-order valence-corrected chi connectivity index (χ1v) is 5.64. The summed E-state index contributed by atoms with van der Waals surface area (Å²) in [5, 5.41) is 2.54. The molecule has 0 saturated heterocycles. The van der Waals surface area contributed by atoms with Gasteiger partial charge in [0, 0.05) is 18.1 Å². The van der Waals surface area contributed by atoms with E-state index in [0.29, 0.717) is 17.6 Å². The van der Waals surface area contributed by atoms with Crippen molar-refractivity contribution in [1.82, 2.24) is 10.2 Å². The summed E-state index contributed by atoms with van der Waals surface area (Å²) in [6, 6.07) is 4.71. The number of halogens is 2. The molecule has 0 aliphatic carbocycles. The van der Waals surface area contributed by atoms with Crippen LogP contribution in [0, 0.1) is 5.82 Å². The van der Waals surface area contributed by atoms with Gasteiger partial charge in [0.15, 0.2) is 0 Å². The zero-order chi connectivity index (χ0) is 12.1. The molecule has 1 N–H and O–H groups in total. The Bertz CT molecular complexity index is 364. The quantitative estimate of drug-likeness (QED) is 0.916. The lowest BCUT2D eigenvalue weighted by molar-refractivity contribution is -0.121. The maximum absolute atomic E-state index is 13.1. The minimum Gasteiger partial charge on any atom is -0.358 e. The molecule has 1 rings (SSSR count). The maximum atomic E-state index is 13.1. The van der Waals surface area contributed by atoms with Crippen LogP contribution in [-0.2, 0) is 11.3 Å². The minimum atomic E-state index is -0.280. The van der Waals surface area contributed by atoms with Crippen molar-refractivity contribution in [2.24, 2.45) is 0 Å². The lowest BCUT2D eigenvalue weighted by Crippen LogP contribution is -2.32. The zero-order valence-electron chi connectivity index (χ0n) is 9.26. The van der Waals surface area contributed by atoms with Gasteiger partial charge >= 0.3 is 0 Å². The third kappa shape index (κ3) is 4.28. The Morgan fingerprint density at radius 1 is 1.50 bits per heavy atom. The standard InChI is InChI=1S/C11H14BrFN2O/c1-14-11(16)7-15(2)6-8-3-9(12)5-10(13)4-8/h3-5H,6-7H2,1-2H3,(H,14,16). The summed E-state index contributed by atoms with van der Waals surface area (Å²) in [5.74, 6) is -0.337. The fourth-order valence-electron chi connectivity index (χ4n) is 1.39. The van der Waals surface area contributed by atoms with E-state index in [1.54, 1.807) is 7.05 Å². The fraction of sp³-hybridized carbons (Fsp3) is 0.364. The molecule has 0 spiro atoms. The first kappa shape index (κ1) is 13.1. The Morgan fingerprint density at radius 3 is 2.75 bits per heavy atom. The summed E-state index contributed by atoms with van der Waals surface area (Å²) in [6.45, 7) is 0.828. The number of carbonyl (C=O) groups excluding carboxylic acids is 1. The molecule has 0 radical (unpaired) electrons. The highest BCUT2D eigenvalue weighted by Crippen LogP contribution is 2.15. The van der Waals surface area contributed by atoms with E-state index >= 15 is 0 Å². The predicted octanol–water partition coefficient (Wildman–Crippen LogP) is 1.77. The van der Waals surface area contributed by atoms with Crippen LogP contribution in [0.2, 0.25) is 0 Å². The molecule has 0 fully saturated rings. The van der Waals surface area contributed by atoms with Crippen molar-refractivity contribution in [3.8, 4) is 0 Å². The van der Waals surface area contributed by atoms with E-state index in [1.165, 1.54) is 12.1 Å². The Balaban J connectivity index is 2.62. The number of carbonyl (C=O) groups is 1. The molecule has 0 unspecified atom stereocenters. The second kappa shape index (κ2) is 5.96. The van der Waals surface area contributed by atoms with Crippen LogP contribution in [0.5, 0.6) is 0 Å². The van der Waals surface area contributed by atoms with Crippen LogP contribution in [-0.4, -0.2) is 31.4 Å². The lowest BCUT2D eigenvalue weighted by Gasteiger charge is -2.15. The molecule has 16 heavy (non-hydrogen) atoms. The summed E-state index contributed by atoms with van der Waals surface area (Å²) in [4.78, 5) is 12.9. The van der Waals surface area contributed by atoms with Crippen LogP contribution in [0.3, 0.4) is 0 Å². The molecule has 0 bridgehead atoms. The van der Waals surface area contributed by atoms with Crippen LogP contribution in [0.4, 0.5) is 4.39 Å². The first-order chi connectivity index (χ1) is 7.51. The number of hydrogen-bond donors (Lipinski definition) is 1. The molecule has 0 atom stereocenters. The molecule has 88 valence electrons. The summed E-state index contributed by atoms with van der Waals surface area (Å²) < 4.78 is 13.8. The molecular formula is C11H14BrFN2O. The van der Waals surface area contributed by atoms with Gasteiger partial charge < -0.3 is 5.32 Å². The average molecular weight is 289 g/mol. The predicted molar refractivity (Wildman–Crippen MR) is 64.5 cm³/mol.